The third-order valence-electron chi connectivity index (χ3n) is 3.41. The van der Waals surface area contributed by atoms with Gasteiger partial charge in [-0.25, -0.2) is 0 Å². The van der Waals surface area contributed by atoms with Crippen LogP contribution in [0.15, 0.2) is 0 Å². The maximum Gasteiger partial charge on any atom is 0.303 e. The number of nitrogens with one attached hydrogen (secondary N) is 1. The lowest BCUT2D eigenvalue weighted by molar-refractivity contribution is -0.137. The number of carboxylic acids is 1. The Hall–Kier alpha value is -1.10. The average Bonchev–Trinajstić information content (AvgIpc) is 2.73. The Morgan fingerprint density at radius 2 is 1.88 bits per heavy atom. The fourth-order valence-electron chi connectivity index (χ4n) is 2.36. The molecule has 0 spiro atoms. The molecule has 1 aliphatic carbocycles. The minimum Gasteiger partial charge on any atom is -0.481 e. The van der Waals surface area contributed by atoms with Gasteiger partial charge in [-0.05, 0) is 31.1 Å². The normalized spacial score (nSPS) is 23.6. The van der Waals surface area contributed by atoms with Crippen LogP contribution in [0.1, 0.15) is 38.5 Å². The van der Waals surface area contributed by atoms with Gasteiger partial charge in [0.1, 0.15) is 0 Å². The highest BCUT2D eigenvalue weighted by Gasteiger charge is 2.26. The van der Waals surface area contributed by atoms with Gasteiger partial charge in [0.05, 0.1) is 0 Å². The molecule has 17 heavy (non-hydrogen) atoms. The van der Waals surface area contributed by atoms with Crippen molar-refractivity contribution in [2.75, 3.05) is 13.2 Å². The van der Waals surface area contributed by atoms with E-state index in [-0.39, 0.29) is 25.4 Å². The molecule has 5 nitrogen and oxygen atoms in total. The summed E-state index contributed by atoms with van der Waals surface area (Å²) < 4.78 is 0. The lowest BCUT2D eigenvalue weighted by atomic mass is 9.97. The van der Waals surface area contributed by atoms with Crippen molar-refractivity contribution in [3.63, 3.8) is 0 Å². The van der Waals surface area contributed by atoms with Gasteiger partial charge in [-0.1, -0.05) is 6.42 Å². The number of rotatable bonds is 7. The second kappa shape index (κ2) is 7.27. The summed E-state index contributed by atoms with van der Waals surface area (Å²) in [4.78, 5) is 21.7. The van der Waals surface area contributed by atoms with E-state index in [2.05, 4.69) is 5.32 Å². The third-order valence-corrected chi connectivity index (χ3v) is 3.41. The lowest BCUT2D eigenvalue weighted by Crippen LogP contribution is -2.31. The molecule has 0 radical (unpaired) electrons. The topological polar surface area (TPSA) is 86.6 Å². The van der Waals surface area contributed by atoms with E-state index in [0.29, 0.717) is 24.8 Å². The first kappa shape index (κ1) is 14.0. The van der Waals surface area contributed by atoms with E-state index in [9.17, 15) is 9.59 Å². The molecular weight excluding hydrogens is 222 g/mol. The van der Waals surface area contributed by atoms with Crippen molar-refractivity contribution in [3.05, 3.63) is 0 Å². The number of hydrogen-bond acceptors (Lipinski definition) is 3. The summed E-state index contributed by atoms with van der Waals surface area (Å²) in [6.07, 6.45) is 3.90. The van der Waals surface area contributed by atoms with E-state index in [1.54, 1.807) is 0 Å². The van der Waals surface area contributed by atoms with Crippen LogP contribution in [0.2, 0.25) is 0 Å². The fourth-order valence-corrected chi connectivity index (χ4v) is 2.36. The van der Waals surface area contributed by atoms with Gasteiger partial charge in [-0.2, -0.15) is 0 Å². The molecule has 2 atom stereocenters. The van der Waals surface area contributed by atoms with Crippen LogP contribution in [0.5, 0.6) is 0 Å². The van der Waals surface area contributed by atoms with Gasteiger partial charge in [0.15, 0.2) is 0 Å². The summed E-state index contributed by atoms with van der Waals surface area (Å²) in [6, 6.07) is 0. The smallest absolute Gasteiger partial charge is 0.303 e. The highest BCUT2D eigenvalue weighted by atomic mass is 16.4. The zero-order valence-electron chi connectivity index (χ0n) is 10.0. The molecular formula is C12H21NO4. The van der Waals surface area contributed by atoms with Gasteiger partial charge in [-0.15, -0.1) is 0 Å². The minimum atomic E-state index is -0.867. The van der Waals surface area contributed by atoms with Crippen LogP contribution in [0.25, 0.3) is 0 Å². The molecule has 0 aromatic rings. The van der Waals surface area contributed by atoms with E-state index < -0.39 is 5.97 Å². The Kier molecular flexibility index (Phi) is 5.97. The van der Waals surface area contributed by atoms with E-state index in [1.807, 2.05) is 0 Å². The molecule has 0 aliphatic heterocycles. The number of carbonyl (C=O) groups excluding carboxylic acids is 1. The summed E-state index contributed by atoms with van der Waals surface area (Å²) >= 11 is 0. The molecule has 98 valence electrons. The standard InChI is InChI=1S/C12H21NO4/c14-8-10-4-1-3-9(10)7-13-11(15)5-2-6-12(16)17/h9-10,14H,1-8H2,(H,13,15)(H,16,17). The van der Waals surface area contributed by atoms with E-state index in [4.69, 9.17) is 10.2 Å². The highest BCUT2D eigenvalue weighted by molar-refractivity contribution is 5.76. The second-order valence-electron chi connectivity index (χ2n) is 4.69. The van der Waals surface area contributed by atoms with Crippen molar-refractivity contribution in [2.45, 2.75) is 38.5 Å². The molecule has 0 aromatic carbocycles. The number of carboxylic acid groups (broad SMARTS) is 1. The molecule has 1 rings (SSSR count). The number of hydrogen-bond donors (Lipinski definition) is 3. The summed E-state index contributed by atoms with van der Waals surface area (Å²) in [6.45, 7) is 0.802. The van der Waals surface area contributed by atoms with Crippen molar-refractivity contribution in [1.29, 1.82) is 0 Å². The maximum atomic E-state index is 11.4. The first-order chi connectivity index (χ1) is 8.13. The number of aliphatic hydroxyl groups excluding tert-OH is 1. The number of amides is 1. The van der Waals surface area contributed by atoms with Crippen LogP contribution in [0.3, 0.4) is 0 Å². The Morgan fingerprint density at radius 1 is 1.18 bits per heavy atom. The largest absolute Gasteiger partial charge is 0.481 e. The molecule has 1 fully saturated rings. The molecule has 1 aliphatic rings. The zero-order chi connectivity index (χ0) is 12.7. The second-order valence-corrected chi connectivity index (χ2v) is 4.69. The van der Waals surface area contributed by atoms with Crippen molar-refractivity contribution < 1.29 is 19.8 Å². The van der Waals surface area contributed by atoms with Crippen LogP contribution in [0, 0.1) is 11.8 Å². The number of carbonyl (C=O) groups is 2. The summed E-state index contributed by atoms with van der Waals surface area (Å²) in [5.74, 6) is -0.262. The monoisotopic (exact) mass is 243 g/mol. The summed E-state index contributed by atoms with van der Waals surface area (Å²) in [5.41, 5.74) is 0. The molecule has 0 bridgehead atoms. The van der Waals surface area contributed by atoms with Gasteiger partial charge in [0.2, 0.25) is 5.91 Å². The molecule has 2 unspecified atom stereocenters. The van der Waals surface area contributed by atoms with Crippen LogP contribution < -0.4 is 5.32 Å². The van der Waals surface area contributed by atoms with Crippen molar-refractivity contribution in [3.8, 4) is 0 Å². The van der Waals surface area contributed by atoms with Gasteiger partial charge in [0.25, 0.3) is 0 Å². The zero-order valence-corrected chi connectivity index (χ0v) is 10.0. The van der Waals surface area contributed by atoms with Crippen LogP contribution in [-0.2, 0) is 9.59 Å². The van der Waals surface area contributed by atoms with E-state index in [1.165, 1.54) is 0 Å². The quantitative estimate of drug-likeness (QED) is 0.616. The van der Waals surface area contributed by atoms with Crippen molar-refractivity contribution >= 4 is 11.9 Å². The SMILES string of the molecule is O=C(O)CCCC(=O)NCC1CCCC1CO. The van der Waals surface area contributed by atoms with Crippen molar-refractivity contribution in [2.24, 2.45) is 11.8 Å². The van der Waals surface area contributed by atoms with Gasteiger partial charge in [0, 0.05) is 26.0 Å². The van der Waals surface area contributed by atoms with Crippen LogP contribution in [0.4, 0.5) is 0 Å². The maximum absolute atomic E-state index is 11.4. The number of aliphatic carboxylic acids is 1. The Morgan fingerprint density at radius 3 is 2.53 bits per heavy atom. The first-order valence-electron chi connectivity index (χ1n) is 6.23. The molecule has 1 saturated carbocycles. The van der Waals surface area contributed by atoms with Crippen molar-refractivity contribution in [1.82, 2.24) is 5.32 Å². The first-order valence-corrected chi connectivity index (χ1v) is 6.23. The molecule has 0 aromatic heterocycles. The van der Waals surface area contributed by atoms with E-state index >= 15 is 0 Å². The number of aliphatic hydroxyl groups is 1. The Balaban J connectivity index is 2.12. The predicted octanol–water partition coefficient (Wildman–Crippen LogP) is 0.766. The van der Waals surface area contributed by atoms with Gasteiger partial charge < -0.3 is 15.5 Å². The van der Waals surface area contributed by atoms with Crippen LogP contribution >= 0.6 is 0 Å². The highest BCUT2D eigenvalue weighted by Crippen LogP contribution is 2.30. The third kappa shape index (κ3) is 5.17. The molecule has 0 saturated heterocycles. The van der Waals surface area contributed by atoms with Crippen LogP contribution in [-0.4, -0.2) is 35.2 Å². The Bertz CT molecular complexity index is 267. The van der Waals surface area contributed by atoms with Gasteiger partial charge >= 0.3 is 5.97 Å². The lowest BCUT2D eigenvalue weighted by Gasteiger charge is -2.17. The molecule has 0 heterocycles. The molecule has 5 heteroatoms. The summed E-state index contributed by atoms with van der Waals surface area (Å²) in [5, 5.41) is 20.4. The predicted molar refractivity (Wildman–Crippen MR) is 62.4 cm³/mol. The average molecular weight is 243 g/mol. The van der Waals surface area contributed by atoms with Gasteiger partial charge in [-0.3, -0.25) is 9.59 Å². The van der Waals surface area contributed by atoms with E-state index in [0.717, 1.165) is 19.3 Å². The molecule has 3 N–H and O–H groups in total. The Labute approximate surface area is 101 Å². The summed E-state index contributed by atoms with van der Waals surface area (Å²) in [7, 11) is 0. The molecule has 1 amide bonds. The fraction of sp³-hybridized carbons (Fsp3) is 0.833. The minimum absolute atomic E-state index is 0.0378.